The fourth-order valence-electron chi connectivity index (χ4n) is 5.25. The number of aromatic nitrogens is 1. The van der Waals surface area contributed by atoms with E-state index in [1.807, 2.05) is 34.9 Å². The maximum atomic E-state index is 13.8. The van der Waals surface area contributed by atoms with E-state index in [1.165, 1.54) is 51.3 Å². The lowest BCUT2D eigenvalue weighted by Gasteiger charge is -2.21. The SMILES string of the molecule is CCCCc1cc2cc(C(=O)CCNOC(C)=O)ccn2c1C(=O)c1ccc(CCCN(CCCC)CCCC)cc1. The molecular weight excluding hydrogens is 526 g/mol. The van der Waals surface area contributed by atoms with Crippen molar-refractivity contribution in [1.82, 2.24) is 14.8 Å². The van der Waals surface area contributed by atoms with Crippen LogP contribution in [0.2, 0.25) is 0 Å². The molecule has 0 atom stereocenters. The standard InChI is InChI=1S/C35H49N3O4/c1-5-8-13-31-26-32-25-30(33(40)18-20-36-42-27(4)39)19-24-38(32)34(31)35(41)29-16-14-28(15-17-29)12-11-23-37(21-9-6-2)22-10-7-3/h14-17,19,24-26,36H,5-13,18,20-23H2,1-4H3. The Morgan fingerprint density at radius 1 is 0.810 bits per heavy atom. The molecule has 42 heavy (non-hydrogen) atoms. The first-order chi connectivity index (χ1) is 20.4. The highest BCUT2D eigenvalue weighted by atomic mass is 16.7. The van der Waals surface area contributed by atoms with Gasteiger partial charge in [-0.25, -0.2) is 0 Å². The fraction of sp³-hybridized carbons (Fsp3) is 0.514. The summed E-state index contributed by atoms with van der Waals surface area (Å²) in [7, 11) is 0. The van der Waals surface area contributed by atoms with Crippen LogP contribution in [0.15, 0.2) is 48.7 Å². The van der Waals surface area contributed by atoms with E-state index in [1.54, 1.807) is 6.07 Å². The van der Waals surface area contributed by atoms with Gasteiger partial charge < -0.3 is 14.1 Å². The van der Waals surface area contributed by atoms with Crippen LogP contribution in [0.25, 0.3) is 5.52 Å². The zero-order chi connectivity index (χ0) is 30.3. The summed E-state index contributed by atoms with van der Waals surface area (Å²) in [6, 6.07) is 13.7. The van der Waals surface area contributed by atoms with Crippen molar-refractivity contribution in [3.63, 3.8) is 0 Å². The average molecular weight is 576 g/mol. The van der Waals surface area contributed by atoms with Crippen LogP contribution < -0.4 is 5.48 Å². The summed E-state index contributed by atoms with van der Waals surface area (Å²) in [6.07, 6.45) is 11.9. The van der Waals surface area contributed by atoms with Crippen LogP contribution in [-0.4, -0.2) is 53.0 Å². The average Bonchev–Trinajstić information content (AvgIpc) is 3.36. The summed E-state index contributed by atoms with van der Waals surface area (Å²) in [6.45, 7) is 11.7. The first-order valence-electron chi connectivity index (χ1n) is 15.8. The lowest BCUT2D eigenvalue weighted by Crippen LogP contribution is -2.27. The first-order valence-corrected chi connectivity index (χ1v) is 15.8. The molecule has 3 rings (SSSR count). The summed E-state index contributed by atoms with van der Waals surface area (Å²) >= 11 is 0. The van der Waals surface area contributed by atoms with Gasteiger partial charge in [-0.05, 0) is 87.5 Å². The Morgan fingerprint density at radius 2 is 1.48 bits per heavy atom. The number of carbonyl (C=O) groups is 3. The Hall–Kier alpha value is -3.29. The van der Waals surface area contributed by atoms with Crippen LogP contribution in [0, 0.1) is 0 Å². The van der Waals surface area contributed by atoms with Gasteiger partial charge in [-0.2, -0.15) is 5.48 Å². The minimum Gasteiger partial charge on any atom is -0.371 e. The van der Waals surface area contributed by atoms with Crippen LogP contribution in [0.4, 0.5) is 0 Å². The van der Waals surface area contributed by atoms with E-state index in [0.29, 0.717) is 16.8 Å². The second-order valence-corrected chi connectivity index (χ2v) is 11.2. The number of hydrogen-bond donors (Lipinski definition) is 1. The molecule has 0 unspecified atom stereocenters. The Labute approximate surface area is 251 Å². The van der Waals surface area contributed by atoms with Gasteiger partial charge in [0.1, 0.15) is 0 Å². The minimum absolute atomic E-state index is 0.00242. The number of hydroxylamine groups is 1. The molecule has 2 heterocycles. The van der Waals surface area contributed by atoms with E-state index in [2.05, 4.69) is 43.3 Å². The van der Waals surface area contributed by atoms with Gasteiger partial charge in [0.25, 0.3) is 0 Å². The molecule has 0 aliphatic carbocycles. The third-order valence-electron chi connectivity index (χ3n) is 7.67. The van der Waals surface area contributed by atoms with E-state index in [0.717, 1.165) is 49.7 Å². The van der Waals surface area contributed by atoms with Crippen molar-refractivity contribution in [2.45, 2.75) is 91.9 Å². The van der Waals surface area contributed by atoms with Gasteiger partial charge in [0.15, 0.2) is 5.78 Å². The third kappa shape index (κ3) is 9.92. The van der Waals surface area contributed by atoms with Gasteiger partial charge in [0.05, 0.1) is 5.69 Å². The number of Topliss-reactive ketones (excluding diaryl/α,β-unsaturated/α-hetero) is 1. The molecule has 228 valence electrons. The highest BCUT2D eigenvalue weighted by Gasteiger charge is 2.20. The second kappa shape index (κ2) is 17.6. The van der Waals surface area contributed by atoms with E-state index >= 15 is 0 Å². The molecule has 3 aromatic rings. The van der Waals surface area contributed by atoms with E-state index in [4.69, 9.17) is 4.84 Å². The van der Waals surface area contributed by atoms with Crippen LogP contribution in [0.1, 0.15) is 117 Å². The van der Waals surface area contributed by atoms with E-state index in [9.17, 15) is 14.4 Å². The Balaban J connectivity index is 1.72. The number of unbranched alkanes of at least 4 members (excludes halogenated alkanes) is 3. The second-order valence-electron chi connectivity index (χ2n) is 11.2. The highest BCUT2D eigenvalue weighted by Crippen LogP contribution is 2.24. The molecule has 0 aliphatic rings. The molecule has 1 N–H and O–H groups in total. The summed E-state index contributed by atoms with van der Waals surface area (Å²) in [4.78, 5) is 44.8. The molecule has 7 heteroatoms. The predicted molar refractivity (Wildman–Crippen MR) is 169 cm³/mol. The molecule has 2 aromatic heterocycles. The van der Waals surface area contributed by atoms with E-state index in [-0.39, 0.29) is 24.5 Å². The topological polar surface area (TPSA) is 80.1 Å². The molecular formula is C35H49N3O4. The molecule has 0 bridgehead atoms. The number of aryl methyl sites for hydroxylation is 2. The van der Waals surface area contributed by atoms with Gasteiger partial charge in [-0.3, -0.25) is 14.4 Å². The van der Waals surface area contributed by atoms with Crippen LogP contribution in [0.3, 0.4) is 0 Å². The summed E-state index contributed by atoms with van der Waals surface area (Å²) < 4.78 is 1.91. The number of benzene rings is 1. The minimum atomic E-state index is -0.449. The monoisotopic (exact) mass is 575 g/mol. The fourth-order valence-corrected chi connectivity index (χ4v) is 5.25. The smallest absolute Gasteiger partial charge is 0.321 e. The summed E-state index contributed by atoms with van der Waals surface area (Å²) in [5.74, 6) is -0.506. The summed E-state index contributed by atoms with van der Waals surface area (Å²) in [5.41, 5.74) is 7.52. The third-order valence-corrected chi connectivity index (χ3v) is 7.67. The van der Waals surface area contributed by atoms with Gasteiger partial charge in [0.2, 0.25) is 5.78 Å². The highest BCUT2D eigenvalue weighted by molar-refractivity contribution is 6.10. The van der Waals surface area contributed by atoms with E-state index < -0.39 is 5.97 Å². The molecule has 0 saturated carbocycles. The lowest BCUT2D eigenvalue weighted by atomic mass is 10.00. The molecule has 7 nitrogen and oxygen atoms in total. The van der Waals surface area contributed by atoms with Crippen LogP contribution >= 0.6 is 0 Å². The quantitative estimate of drug-likeness (QED) is 0.0889. The van der Waals surface area contributed by atoms with Crippen molar-refractivity contribution in [2.24, 2.45) is 0 Å². The number of ketones is 2. The summed E-state index contributed by atoms with van der Waals surface area (Å²) in [5, 5.41) is 0. The van der Waals surface area contributed by atoms with Crippen molar-refractivity contribution in [3.8, 4) is 0 Å². The Bertz CT molecular complexity index is 1290. The number of rotatable bonds is 20. The Kier molecular flexibility index (Phi) is 13.9. The zero-order valence-corrected chi connectivity index (χ0v) is 26.0. The number of fused-ring (bicyclic) bond motifs is 1. The number of nitrogens with zero attached hydrogens (tertiary/aromatic N) is 2. The maximum absolute atomic E-state index is 13.8. The Morgan fingerprint density at radius 3 is 2.12 bits per heavy atom. The van der Waals surface area contributed by atoms with Crippen LogP contribution in [-0.2, 0) is 22.5 Å². The number of nitrogens with one attached hydrogen (secondary N) is 1. The first kappa shape index (κ1) is 33.2. The van der Waals surface area contributed by atoms with Gasteiger partial charge in [-0.1, -0.05) is 64.3 Å². The number of hydrogen-bond acceptors (Lipinski definition) is 6. The van der Waals surface area contributed by atoms with Gasteiger partial charge >= 0.3 is 5.97 Å². The van der Waals surface area contributed by atoms with Crippen molar-refractivity contribution in [1.29, 1.82) is 0 Å². The zero-order valence-electron chi connectivity index (χ0n) is 26.0. The molecule has 0 aliphatic heterocycles. The van der Waals surface area contributed by atoms with Crippen molar-refractivity contribution in [2.75, 3.05) is 26.2 Å². The van der Waals surface area contributed by atoms with Crippen LogP contribution in [0.5, 0.6) is 0 Å². The normalized spacial score (nSPS) is 11.4. The molecule has 0 saturated heterocycles. The van der Waals surface area contributed by atoms with Crippen molar-refractivity contribution >= 4 is 23.1 Å². The molecule has 1 aromatic carbocycles. The number of carbonyl (C=O) groups excluding carboxylic acids is 3. The molecule has 0 amide bonds. The van der Waals surface area contributed by atoms with Gasteiger partial charge in [-0.15, -0.1) is 0 Å². The number of pyridine rings is 1. The molecule has 0 radical (unpaired) electrons. The van der Waals surface area contributed by atoms with Crippen molar-refractivity contribution in [3.05, 3.63) is 76.6 Å². The molecule has 0 spiro atoms. The predicted octanol–water partition coefficient (Wildman–Crippen LogP) is 6.99. The molecule has 0 fully saturated rings. The lowest BCUT2D eigenvalue weighted by molar-refractivity contribution is -0.148. The van der Waals surface area contributed by atoms with Gasteiger partial charge in [0, 0.05) is 42.7 Å². The van der Waals surface area contributed by atoms with Crippen molar-refractivity contribution < 1.29 is 19.2 Å². The largest absolute Gasteiger partial charge is 0.371 e. The maximum Gasteiger partial charge on any atom is 0.321 e.